The van der Waals surface area contributed by atoms with Crippen molar-refractivity contribution in [3.63, 3.8) is 0 Å². The summed E-state index contributed by atoms with van der Waals surface area (Å²) >= 11 is 1.38. The van der Waals surface area contributed by atoms with Gasteiger partial charge in [-0.05, 0) is 38.1 Å². The number of thiophene rings is 1. The summed E-state index contributed by atoms with van der Waals surface area (Å²) in [7, 11) is 2.01. The number of nitrogens with zero attached hydrogens (tertiary/aromatic N) is 3. The van der Waals surface area contributed by atoms with Gasteiger partial charge in [0.1, 0.15) is 22.2 Å². The Balaban J connectivity index is 1.67. The van der Waals surface area contributed by atoms with E-state index < -0.39 is 17.7 Å². The van der Waals surface area contributed by atoms with Crippen molar-refractivity contribution in [3.8, 4) is 0 Å². The SMILES string of the molecule is CCOC(=O)c1c(NC(=O)c2cn3cc(F)ccc3n2)sc2c1CCN(C)C2. The van der Waals surface area contributed by atoms with Gasteiger partial charge in [0.05, 0.1) is 12.2 Å². The summed E-state index contributed by atoms with van der Waals surface area (Å²) in [4.78, 5) is 32.7. The molecule has 28 heavy (non-hydrogen) atoms. The van der Waals surface area contributed by atoms with Crippen molar-refractivity contribution in [1.82, 2.24) is 14.3 Å². The van der Waals surface area contributed by atoms with E-state index in [0.717, 1.165) is 30.0 Å². The van der Waals surface area contributed by atoms with Crippen LogP contribution in [0.1, 0.15) is 38.2 Å². The molecule has 7 nitrogen and oxygen atoms in total. The minimum atomic E-state index is -0.457. The number of esters is 1. The number of imidazole rings is 1. The third kappa shape index (κ3) is 3.38. The highest BCUT2D eigenvalue weighted by atomic mass is 32.1. The maximum atomic E-state index is 13.4. The molecule has 0 bridgehead atoms. The highest BCUT2D eigenvalue weighted by Gasteiger charge is 2.29. The Hall–Kier alpha value is -2.78. The van der Waals surface area contributed by atoms with E-state index in [-0.39, 0.29) is 12.3 Å². The van der Waals surface area contributed by atoms with E-state index in [4.69, 9.17) is 4.74 Å². The number of amides is 1. The molecule has 0 radical (unpaired) electrons. The highest BCUT2D eigenvalue weighted by Crippen LogP contribution is 2.37. The van der Waals surface area contributed by atoms with Crippen LogP contribution in [-0.4, -0.2) is 46.4 Å². The zero-order valence-corrected chi connectivity index (χ0v) is 16.3. The highest BCUT2D eigenvalue weighted by molar-refractivity contribution is 7.17. The fraction of sp³-hybridized carbons (Fsp3) is 0.316. The van der Waals surface area contributed by atoms with Crippen molar-refractivity contribution in [2.75, 3.05) is 25.5 Å². The van der Waals surface area contributed by atoms with Gasteiger partial charge < -0.3 is 19.4 Å². The molecule has 0 fully saturated rings. The van der Waals surface area contributed by atoms with Crippen molar-refractivity contribution in [3.05, 3.63) is 52.0 Å². The molecule has 0 spiro atoms. The van der Waals surface area contributed by atoms with Gasteiger partial charge >= 0.3 is 5.97 Å². The van der Waals surface area contributed by atoms with E-state index in [1.807, 2.05) is 7.05 Å². The summed E-state index contributed by atoms with van der Waals surface area (Å²) in [5.74, 6) is -1.31. The first-order valence-corrected chi connectivity index (χ1v) is 9.73. The Morgan fingerprint density at radius 3 is 2.96 bits per heavy atom. The molecular weight excluding hydrogens is 383 g/mol. The zero-order chi connectivity index (χ0) is 19.8. The quantitative estimate of drug-likeness (QED) is 0.679. The maximum absolute atomic E-state index is 13.4. The van der Waals surface area contributed by atoms with Crippen LogP contribution >= 0.6 is 11.3 Å². The van der Waals surface area contributed by atoms with Crippen molar-refractivity contribution in [1.29, 1.82) is 0 Å². The number of carbonyl (C=O) groups is 2. The molecule has 0 saturated heterocycles. The van der Waals surface area contributed by atoms with Crippen LogP contribution in [0.5, 0.6) is 0 Å². The Labute approximate surface area is 164 Å². The first-order chi connectivity index (χ1) is 13.5. The number of aromatic nitrogens is 2. The lowest BCUT2D eigenvalue weighted by atomic mass is 10.0. The molecule has 0 atom stereocenters. The lowest BCUT2D eigenvalue weighted by Gasteiger charge is -2.22. The molecule has 146 valence electrons. The Morgan fingerprint density at radius 1 is 1.36 bits per heavy atom. The minimum Gasteiger partial charge on any atom is -0.462 e. The molecule has 0 unspecified atom stereocenters. The van der Waals surface area contributed by atoms with E-state index in [1.54, 1.807) is 6.92 Å². The fourth-order valence-corrected chi connectivity index (χ4v) is 4.59. The van der Waals surface area contributed by atoms with Gasteiger partial charge in [0.25, 0.3) is 5.91 Å². The Bertz CT molecular complexity index is 1070. The summed E-state index contributed by atoms with van der Waals surface area (Å²) < 4.78 is 20.0. The van der Waals surface area contributed by atoms with Gasteiger partial charge in [-0.2, -0.15) is 0 Å². The van der Waals surface area contributed by atoms with Gasteiger partial charge in [0.2, 0.25) is 0 Å². The molecule has 4 heterocycles. The molecule has 1 aliphatic rings. The summed E-state index contributed by atoms with van der Waals surface area (Å²) in [5.41, 5.74) is 1.97. The van der Waals surface area contributed by atoms with E-state index in [2.05, 4.69) is 15.2 Å². The predicted octanol–water partition coefficient (Wildman–Crippen LogP) is 2.95. The topological polar surface area (TPSA) is 75.9 Å². The number of halogens is 1. The number of anilines is 1. The number of carbonyl (C=O) groups excluding carboxylic acids is 2. The van der Waals surface area contributed by atoms with Crippen LogP contribution in [0.2, 0.25) is 0 Å². The number of pyridine rings is 1. The third-order valence-corrected chi connectivity index (χ3v) is 5.73. The number of hydrogen-bond acceptors (Lipinski definition) is 6. The lowest BCUT2D eigenvalue weighted by molar-refractivity contribution is 0.0526. The van der Waals surface area contributed by atoms with Crippen LogP contribution in [0.4, 0.5) is 9.39 Å². The third-order valence-electron chi connectivity index (χ3n) is 4.60. The Morgan fingerprint density at radius 2 is 2.18 bits per heavy atom. The first kappa shape index (κ1) is 18.6. The van der Waals surface area contributed by atoms with Gasteiger partial charge in [0.15, 0.2) is 0 Å². The standard InChI is InChI=1S/C19H19FN4O3S/c1-3-27-19(26)16-12-6-7-23(2)10-14(12)28-18(16)22-17(25)13-9-24-8-11(20)4-5-15(24)21-13/h4-5,8-9H,3,6-7,10H2,1-2H3,(H,22,25). The van der Waals surface area contributed by atoms with Crippen molar-refractivity contribution < 1.29 is 18.7 Å². The van der Waals surface area contributed by atoms with E-state index >= 15 is 0 Å². The number of nitrogens with one attached hydrogen (secondary N) is 1. The van der Waals surface area contributed by atoms with E-state index in [1.165, 1.54) is 40.3 Å². The average Bonchev–Trinajstić information content (AvgIpc) is 3.21. The molecule has 4 rings (SSSR count). The monoisotopic (exact) mass is 402 g/mol. The van der Waals surface area contributed by atoms with Crippen LogP contribution in [0.15, 0.2) is 24.5 Å². The summed E-state index contributed by atoms with van der Waals surface area (Å²) in [6.45, 7) is 3.56. The summed E-state index contributed by atoms with van der Waals surface area (Å²) in [6, 6.07) is 2.78. The second-order valence-corrected chi connectivity index (χ2v) is 7.71. The van der Waals surface area contributed by atoms with Crippen LogP contribution in [0.25, 0.3) is 5.65 Å². The largest absolute Gasteiger partial charge is 0.462 e. The van der Waals surface area contributed by atoms with Gasteiger partial charge in [-0.1, -0.05) is 0 Å². The summed E-state index contributed by atoms with van der Waals surface area (Å²) in [5, 5.41) is 3.27. The average molecular weight is 402 g/mol. The van der Waals surface area contributed by atoms with Crippen LogP contribution in [-0.2, 0) is 17.7 Å². The first-order valence-electron chi connectivity index (χ1n) is 8.92. The molecule has 1 amide bonds. The molecule has 0 aliphatic carbocycles. The molecule has 3 aromatic heterocycles. The summed E-state index contributed by atoms with van der Waals surface area (Å²) in [6.07, 6.45) is 3.43. The molecule has 1 N–H and O–H groups in total. The van der Waals surface area contributed by atoms with Gasteiger partial charge in [0, 0.05) is 30.4 Å². The second kappa shape index (κ2) is 7.33. The van der Waals surface area contributed by atoms with Crippen molar-refractivity contribution in [2.45, 2.75) is 19.9 Å². The number of likely N-dealkylation sites (N-methyl/N-ethyl adjacent to an activating group) is 1. The zero-order valence-electron chi connectivity index (χ0n) is 15.5. The van der Waals surface area contributed by atoms with Crippen LogP contribution in [0, 0.1) is 5.82 Å². The minimum absolute atomic E-state index is 0.142. The van der Waals surface area contributed by atoms with Crippen molar-refractivity contribution >= 4 is 33.9 Å². The van der Waals surface area contributed by atoms with Crippen LogP contribution < -0.4 is 5.32 Å². The molecule has 0 aromatic carbocycles. The number of hydrogen-bond donors (Lipinski definition) is 1. The van der Waals surface area contributed by atoms with Gasteiger partial charge in [-0.25, -0.2) is 14.2 Å². The van der Waals surface area contributed by atoms with Gasteiger partial charge in [-0.3, -0.25) is 4.79 Å². The number of fused-ring (bicyclic) bond motifs is 2. The molecule has 1 aliphatic heterocycles. The lowest BCUT2D eigenvalue weighted by Crippen LogP contribution is -2.26. The number of rotatable bonds is 4. The number of ether oxygens (including phenoxy) is 1. The normalized spacial score (nSPS) is 14.1. The molecule has 3 aromatic rings. The molecule has 0 saturated carbocycles. The van der Waals surface area contributed by atoms with E-state index in [0.29, 0.717) is 16.2 Å². The predicted molar refractivity (Wildman–Crippen MR) is 103 cm³/mol. The smallest absolute Gasteiger partial charge is 0.341 e. The van der Waals surface area contributed by atoms with Crippen molar-refractivity contribution in [2.24, 2.45) is 0 Å². The van der Waals surface area contributed by atoms with Gasteiger partial charge in [-0.15, -0.1) is 11.3 Å². The molecular formula is C19H19FN4O3S. The fourth-order valence-electron chi connectivity index (χ4n) is 3.28. The maximum Gasteiger partial charge on any atom is 0.341 e. The van der Waals surface area contributed by atoms with E-state index in [9.17, 15) is 14.0 Å². The van der Waals surface area contributed by atoms with Crippen LogP contribution in [0.3, 0.4) is 0 Å². The molecule has 9 heteroatoms. The Kier molecular flexibility index (Phi) is 4.86. The second-order valence-electron chi connectivity index (χ2n) is 6.61.